The van der Waals surface area contributed by atoms with E-state index in [0.717, 1.165) is 37.1 Å². The largest absolute Gasteiger partial charge is 0.369 e. The number of para-hydroxylation sites is 1. The minimum absolute atomic E-state index is 0.341. The van der Waals surface area contributed by atoms with E-state index >= 15 is 0 Å². The van der Waals surface area contributed by atoms with Crippen LogP contribution in [0.5, 0.6) is 0 Å². The van der Waals surface area contributed by atoms with E-state index < -0.39 is 0 Å². The van der Waals surface area contributed by atoms with Gasteiger partial charge in [0.05, 0.1) is 13.1 Å². The number of nitrogens with one attached hydrogen (secondary N) is 2. The smallest absolute Gasteiger partial charge is 0.192 e. The second kappa shape index (κ2) is 9.43. The van der Waals surface area contributed by atoms with Gasteiger partial charge in [-0.05, 0) is 31.0 Å². The van der Waals surface area contributed by atoms with Crippen LogP contribution in [0.25, 0.3) is 0 Å². The van der Waals surface area contributed by atoms with Crippen molar-refractivity contribution in [2.24, 2.45) is 12.0 Å². The first-order valence-electron chi connectivity index (χ1n) is 10.4. The van der Waals surface area contributed by atoms with Gasteiger partial charge in [-0.3, -0.25) is 0 Å². The third kappa shape index (κ3) is 4.97. The van der Waals surface area contributed by atoms with E-state index in [1.54, 1.807) is 0 Å². The molecule has 0 spiro atoms. The summed E-state index contributed by atoms with van der Waals surface area (Å²) in [6.45, 7) is 5.15. The van der Waals surface area contributed by atoms with Crippen molar-refractivity contribution in [3.63, 3.8) is 0 Å². The van der Waals surface area contributed by atoms with Crippen LogP contribution in [0.1, 0.15) is 23.6 Å². The Labute approximate surface area is 177 Å². The molecule has 4 rings (SSSR count). The number of benzene rings is 2. The number of nitrogens with zero attached hydrogens (tertiary/aromatic N) is 5. The van der Waals surface area contributed by atoms with Crippen LogP contribution in [0, 0.1) is 6.92 Å². The van der Waals surface area contributed by atoms with Crippen LogP contribution in [0.4, 0.5) is 5.69 Å². The van der Waals surface area contributed by atoms with Crippen molar-refractivity contribution in [2.45, 2.75) is 32.5 Å². The third-order valence-electron chi connectivity index (χ3n) is 5.51. The Bertz CT molecular complexity index is 966. The highest BCUT2D eigenvalue weighted by molar-refractivity contribution is 5.80. The van der Waals surface area contributed by atoms with Crippen molar-refractivity contribution in [2.75, 3.05) is 18.0 Å². The molecule has 2 aromatic carbocycles. The van der Waals surface area contributed by atoms with E-state index in [0.29, 0.717) is 19.1 Å². The summed E-state index contributed by atoms with van der Waals surface area (Å²) in [5.41, 5.74) is 2.46. The van der Waals surface area contributed by atoms with Crippen molar-refractivity contribution >= 4 is 11.6 Å². The number of aliphatic imine (C=N–C) groups is 1. The van der Waals surface area contributed by atoms with Crippen LogP contribution in [0.3, 0.4) is 0 Å². The van der Waals surface area contributed by atoms with Gasteiger partial charge in [0, 0.05) is 31.9 Å². The van der Waals surface area contributed by atoms with Gasteiger partial charge in [0.25, 0.3) is 0 Å². The van der Waals surface area contributed by atoms with Gasteiger partial charge in [0.15, 0.2) is 11.8 Å². The van der Waals surface area contributed by atoms with Gasteiger partial charge in [-0.2, -0.15) is 0 Å². The lowest BCUT2D eigenvalue weighted by Crippen LogP contribution is -2.44. The fourth-order valence-electron chi connectivity index (χ4n) is 3.62. The Morgan fingerprint density at radius 1 is 1.07 bits per heavy atom. The molecule has 156 valence electrons. The highest BCUT2D eigenvalue weighted by atomic mass is 15.3. The number of hydrogen-bond acceptors (Lipinski definition) is 4. The minimum Gasteiger partial charge on any atom is -0.369 e. The molecule has 30 heavy (non-hydrogen) atoms. The quantitative estimate of drug-likeness (QED) is 0.489. The molecule has 2 N–H and O–H groups in total. The summed E-state index contributed by atoms with van der Waals surface area (Å²) in [7, 11) is 1.98. The average Bonchev–Trinajstić information content (AvgIpc) is 3.38. The molecule has 1 atom stereocenters. The molecular weight excluding hydrogens is 374 g/mol. The zero-order valence-electron chi connectivity index (χ0n) is 17.6. The van der Waals surface area contributed by atoms with Crippen LogP contribution in [0.15, 0.2) is 65.7 Å². The Hall–Kier alpha value is -3.35. The number of anilines is 1. The molecule has 3 aromatic rings. The maximum atomic E-state index is 4.83. The van der Waals surface area contributed by atoms with Crippen molar-refractivity contribution in [1.29, 1.82) is 0 Å². The summed E-state index contributed by atoms with van der Waals surface area (Å²) in [6, 6.07) is 21.2. The molecule has 7 heteroatoms. The third-order valence-corrected chi connectivity index (χ3v) is 5.51. The highest BCUT2D eigenvalue weighted by Gasteiger charge is 2.23. The second-order valence-corrected chi connectivity index (χ2v) is 7.64. The fraction of sp³-hybridized carbons (Fsp3) is 0.348. The lowest BCUT2D eigenvalue weighted by Gasteiger charge is -2.20. The maximum Gasteiger partial charge on any atom is 0.192 e. The summed E-state index contributed by atoms with van der Waals surface area (Å²) < 4.78 is 1.99. The van der Waals surface area contributed by atoms with E-state index in [4.69, 9.17) is 4.99 Å². The molecule has 0 aliphatic carbocycles. The number of aromatic nitrogens is 3. The summed E-state index contributed by atoms with van der Waals surface area (Å²) in [4.78, 5) is 7.24. The predicted octanol–water partition coefficient (Wildman–Crippen LogP) is 2.64. The molecule has 1 fully saturated rings. The lowest BCUT2D eigenvalue weighted by atomic mass is 10.2. The standard InChI is InChI=1S/C23H29N7/c1-18-27-28-22(29(18)2)16-25-23(24-15-19-9-5-3-6-10-19)26-20-13-14-30(17-20)21-11-7-4-8-12-21/h3-12,20H,13-17H2,1-2H3,(H2,24,25,26). The normalized spacial score (nSPS) is 16.7. The molecule has 0 bridgehead atoms. The van der Waals surface area contributed by atoms with Crippen molar-refractivity contribution in [1.82, 2.24) is 25.4 Å². The topological polar surface area (TPSA) is 70.4 Å². The van der Waals surface area contributed by atoms with Gasteiger partial charge in [-0.1, -0.05) is 48.5 Å². The van der Waals surface area contributed by atoms with Crippen molar-refractivity contribution in [3.8, 4) is 0 Å². The Balaban J connectivity index is 1.42. The Morgan fingerprint density at radius 2 is 1.80 bits per heavy atom. The molecule has 1 unspecified atom stereocenters. The molecule has 0 radical (unpaired) electrons. The van der Waals surface area contributed by atoms with Crippen molar-refractivity contribution in [3.05, 3.63) is 77.9 Å². The molecule has 7 nitrogen and oxygen atoms in total. The van der Waals surface area contributed by atoms with Gasteiger partial charge in [0.1, 0.15) is 5.82 Å². The summed E-state index contributed by atoms with van der Waals surface area (Å²) >= 11 is 0. The lowest BCUT2D eigenvalue weighted by molar-refractivity contribution is 0.637. The SMILES string of the molecule is Cc1nnc(CNC(=NCc2ccccc2)NC2CCN(c3ccccc3)C2)n1C. The van der Waals surface area contributed by atoms with Crippen LogP contribution < -0.4 is 15.5 Å². The molecular formula is C23H29N7. The molecule has 1 saturated heterocycles. The van der Waals surface area contributed by atoms with E-state index in [1.165, 1.54) is 11.3 Å². The van der Waals surface area contributed by atoms with Crippen LogP contribution in [0.2, 0.25) is 0 Å². The average molecular weight is 404 g/mol. The highest BCUT2D eigenvalue weighted by Crippen LogP contribution is 2.19. The van der Waals surface area contributed by atoms with E-state index in [9.17, 15) is 0 Å². The maximum absolute atomic E-state index is 4.83. The van der Waals surface area contributed by atoms with E-state index in [2.05, 4.69) is 68.2 Å². The molecule has 2 heterocycles. The Kier molecular flexibility index (Phi) is 6.27. The van der Waals surface area contributed by atoms with Crippen LogP contribution in [-0.2, 0) is 20.1 Å². The van der Waals surface area contributed by atoms with E-state index in [-0.39, 0.29) is 0 Å². The first-order chi connectivity index (χ1) is 14.7. The molecule has 0 saturated carbocycles. The predicted molar refractivity (Wildman–Crippen MR) is 120 cm³/mol. The zero-order chi connectivity index (χ0) is 20.8. The molecule has 1 aromatic heterocycles. The number of hydrogen-bond donors (Lipinski definition) is 2. The molecule has 1 aliphatic rings. The number of guanidine groups is 1. The molecule has 1 aliphatic heterocycles. The monoisotopic (exact) mass is 403 g/mol. The van der Waals surface area contributed by atoms with Crippen LogP contribution >= 0.6 is 0 Å². The Morgan fingerprint density at radius 3 is 2.50 bits per heavy atom. The summed E-state index contributed by atoms with van der Waals surface area (Å²) in [6.07, 6.45) is 1.07. The first kappa shape index (κ1) is 19.9. The number of aryl methyl sites for hydroxylation is 1. The van der Waals surface area contributed by atoms with E-state index in [1.807, 2.05) is 36.7 Å². The molecule has 0 amide bonds. The van der Waals surface area contributed by atoms with Crippen molar-refractivity contribution < 1.29 is 0 Å². The van der Waals surface area contributed by atoms with Gasteiger partial charge in [0.2, 0.25) is 0 Å². The summed E-state index contributed by atoms with van der Waals surface area (Å²) in [5, 5.41) is 15.5. The fourth-order valence-corrected chi connectivity index (χ4v) is 3.62. The zero-order valence-corrected chi connectivity index (χ0v) is 17.6. The van der Waals surface area contributed by atoms with Gasteiger partial charge < -0.3 is 20.1 Å². The van der Waals surface area contributed by atoms with Gasteiger partial charge in [-0.25, -0.2) is 4.99 Å². The first-order valence-corrected chi connectivity index (χ1v) is 10.4. The minimum atomic E-state index is 0.341. The second-order valence-electron chi connectivity index (χ2n) is 7.64. The van der Waals surface area contributed by atoms with Gasteiger partial charge >= 0.3 is 0 Å². The summed E-state index contributed by atoms with van der Waals surface area (Å²) in [5.74, 6) is 2.59. The van der Waals surface area contributed by atoms with Crippen LogP contribution in [-0.4, -0.2) is 39.9 Å². The number of rotatable bonds is 6. The van der Waals surface area contributed by atoms with Gasteiger partial charge in [-0.15, -0.1) is 10.2 Å².